The molecule has 1 heterocycles. The third-order valence-electron chi connectivity index (χ3n) is 15.5. The summed E-state index contributed by atoms with van der Waals surface area (Å²) in [6.45, 7) is 45.0. The minimum Gasteiger partial charge on any atom is -0.310 e. The van der Waals surface area contributed by atoms with Crippen molar-refractivity contribution >= 4 is 38.5 Å². The first-order chi connectivity index (χ1) is 31.8. The van der Waals surface area contributed by atoms with Crippen molar-refractivity contribution in [2.75, 3.05) is 4.90 Å². The predicted octanol–water partition coefficient (Wildman–Crippen LogP) is 20.1. The van der Waals surface area contributed by atoms with Crippen LogP contribution < -0.4 is 4.90 Å². The van der Waals surface area contributed by atoms with Gasteiger partial charge in [0.1, 0.15) is 0 Å². The maximum absolute atomic E-state index is 2.61. The highest BCUT2D eigenvalue weighted by molar-refractivity contribution is 7.17. The second-order valence-corrected chi connectivity index (χ2v) is 28.0. The number of fused-ring (bicyclic) bond motifs is 2. The molecule has 1 unspecified atom stereocenters. The van der Waals surface area contributed by atoms with Gasteiger partial charge in [0.15, 0.2) is 0 Å². The van der Waals surface area contributed by atoms with Crippen LogP contribution in [0.4, 0.5) is 17.1 Å². The van der Waals surface area contributed by atoms with Crippen molar-refractivity contribution < 1.29 is 0 Å². The summed E-state index contributed by atoms with van der Waals surface area (Å²) >= 11 is 1.88. The molecule has 1 aliphatic rings. The zero-order valence-corrected chi connectivity index (χ0v) is 46.8. The molecule has 8 rings (SSSR count). The van der Waals surface area contributed by atoms with Crippen molar-refractivity contribution in [3.8, 4) is 11.1 Å². The lowest BCUT2D eigenvalue weighted by Gasteiger charge is -2.43. The van der Waals surface area contributed by atoms with Gasteiger partial charge in [0.2, 0.25) is 0 Å². The lowest BCUT2D eigenvalue weighted by Crippen LogP contribution is -2.34. The van der Waals surface area contributed by atoms with E-state index in [0.717, 1.165) is 12.1 Å². The van der Waals surface area contributed by atoms with E-state index in [1.54, 1.807) is 0 Å². The number of rotatable bonds is 7. The third-order valence-corrected chi connectivity index (χ3v) is 16.5. The number of hydrogen-bond acceptors (Lipinski definition) is 2. The summed E-state index contributed by atoms with van der Waals surface area (Å²) in [5.74, 6) is 0.000985. The minimum absolute atomic E-state index is 0.000985. The Bertz CT molecular complexity index is 2990. The van der Waals surface area contributed by atoms with Crippen LogP contribution in [0.2, 0.25) is 0 Å². The second kappa shape index (κ2) is 17.4. The molecule has 0 saturated carbocycles. The van der Waals surface area contributed by atoms with E-state index in [9.17, 15) is 0 Å². The average molecular weight is 934 g/mol. The van der Waals surface area contributed by atoms with Gasteiger partial charge in [0.25, 0.3) is 0 Å². The fraction of sp³-hybridized carbons (Fsp3) is 0.433. The van der Waals surface area contributed by atoms with Crippen LogP contribution in [0.25, 0.3) is 21.2 Å². The normalized spacial score (nSPS) is 15.8. The van der Waals surface area contributed by atoms with E-state index in [2.05, 4.69) is 263 Å². The molecule has 1 nitrogen and oxygen atoms in total. The molecule has 7 aromatic rings. The fourth-order valence-electron chi connectivity index (χ4n) is 10.7. The number of anilines is 3. The smallest absolute Gasteiger partial charge is 0.0540 e. The van der Waals surface area contributed by atoms with Gasteiger partial charge in [-0.15, -0.1) is 11.3 Å². The van der Waals surface area contributed by atoms with Gasteiger partial charge < -0.3 is 4.90 Å². The predicted molar refractivity (Wildman–Crippen MR) is 305 cm³/mol. The molecule has 0 radical (unpaired) electrons. The number of nitrogens with zero attached hydrogens (tertiary/aromatic N) is 1. The maximum atomic E-state index is 2.61. The first-order valence-electron chi connectivity index (χ1n) is 25.8. The maximum Gasteiger partial charge on any atom is 0.0540 e. The van der Waals surface area contributed by atoms with Crippen molar-refractivity contribution in [3.05, 3.63) is 182 Å². The molecule has 0 amide bonds. The first kappa shape index (κ1) is 50.5. The van der Waals surface area contributed by atoms with Gasteiger partial charge in [-0.25, -0.2) is 0 Å². The molecule has 0 spiro atoms. The molecule has 6 aromatic carbocycles. The second-order valence-electron chi connectivity index (χ2n) is 27.1. The van der Waals surface area contributed by atoms with Gasteiger partial charge >= 0.3 is 0 Å². The molecule has 1 aromatic heterocycles. The number of benzene rings is 6. The minimum atomic E-state index is -0.129. The van der Waals surface area contributed by atoms with Crippen LogP contribution >= 0.6 is 11.3 Å². The SMILES string of the molecule is CC(C)(C)c1ccc(C(c2cc(N(c3ccc(C(C)(C)C)cc3)c3ccc(C(C)(C)C)cc3-c3cccc4c3C(C)(C)CCC4(C)C)cc(C(C)(C)C)c2)c2csc3ccc(C(C)(C)C)cc23)cc1. The fourth-order valence-corrected chi connectivity index (χ4v) is 11.7. The average Bonchev–Trinajstić information content (AvgIpc) is 3.67. The molecule has 1 aliphatic carbocycles. The Hall–Kier alpha value is -4.92. The van der Waals surface area contributed by atoms with Gasteiger partial charge in [0.05, 0.1) is 5.69 Å². The molecule has 0 N–H and O–H groups in total. The highest BCUT2D eigenvalue weighted by Crippen LogP contribution is 2.53. The first-order valence-corrected chi connectivity index (χ1v) is 26.7. The summed E-state index contributed by atoms with van der Waals surface area (Å²) in [6.07, 6.45) is 2.33. The van der Waals surface area contributed by atoms with Crippen molar-refractivity contribution in [3.63, 3.8) is 0 Å². The van der Waals surface area contributed by atoms with Gasteiger partial charge in [-0.1, -0.05) is 204 Å². The molecule has 2 heteroatoms. The van der Waals surface area contributed by atoms with E-state index in [1.165, 1.54) is 94.6 Å². The Morgan fingerprint density at radius 1 is 0.449 bits per heavy atom. The van der Waals surface area contributed by atoms with Crippen molar-refractivity contribution in [1.82, 2.24) is 0 Å². The largest absolute Gasteiger partial charge is 0.310 e. The monoisotopic (exact) mass is 934 g/mol. The van der Waals surface area contributed by atoms with Crippen LogP contribution in [0, 0.1) is 0 Å². The quantitative estimate of drug-likeness (QED) is 0.154. The van der Waals surface area contributed by atoms with Crippen LogP contribution in [0.3, 0.4) is 0 Å². The molecule has 69 heavy (non-hydrogen) atoms. The number of hydrogen-bond donors (Lipinski definition) is 0. The van der Waals surface area contributed by atoms with E-state index in [-0.39, 0.29) is 43.8 Å². The summed E-state index contributed by atoms with van der Waals surface area (Å²) in [6, 6.07) is 48.4. The van der Waals surface area contributed by atoms with E-state index in [0.29, 0.717) is 0 Å². The molecule has 1 atom stereocenters. The molecule has 0 aliphatic heterocycles. The van der Waals surface area contributed by atoms with Crippen molar-refractivity contribution in [1.29, 1.82) is 0 Å². The zero-order chi connectivity index (χ0) is 50.4. The third kappa shape index (κ3) is 10.0. The van der Waals surface area contributed by atoms with E-state index in [4.69, 9.17) is 0 Å². The highest BCUT2D eigenvalue weighted by Gasteiger charge is 2.40. The summed E-state index contributed by atoms with van der Waals surface area (Å²) in [4.78, 5) is 2.61. The Morgan fingerprint density at radius 2 is 0.971 bits per heavy atom. The van der Waals surface area contributed by atoms with Crippen LogP contribution in [0.1, 0.15) is 206 Å². The standard InChI is InChI=1S/C67H83NS/c1-61(2,3)45-25-23-43(24-26-45)59(55-42-69-58-34-30-48(41-54(55)58)64(10,11)12)44-37-49(65(13,14)15)39-51(38-44)68(50-31-27-46(28-32-50)62(4,5)6)57-33-29-47(63(7,8)9)40-53(57)52-21-20-22-56-60(52)67(18,19)36-35-66(56,16)17/h20-34,37-42,59H,35-36H2,1-19H3. The van der Waals surface area contributed by atoms with Gasteiger partial charge in [0, 0.05) is 27.6 Å². The Morgan fingerprint density at radius 3 is 1.55 bits per heavy atom. The Balaban J connectivity index is 1.48. The van der Waals surface area contributed by atoms with Crippen molar-refractivity contribution in [2.24, 2.45) is 0 Å². The van der Waals surface area contributed by atoms with E-state index >= 15 is 0 Å². The summed E-state index contributed by atoms with van der Waals surface area (Å²) in [5, 5.41) is 3.81. The van der Waals surface area contributed by atoms with E-state index < -0.39 is 0 Å². The molecule has 362 valence electrons. The summed E-state index contributed by atoms with van der Waals surface area (Å²) < 4.78 is 1.34. The summed E-state index contributed by atoms with van der Waals surface area (Å²) in [7, 11) is 0. The van der Waals surface area contributed by atoms with Crippen LogP contribution in [-0.2, 0) is 37.9 Å². The van der Waals surface area contributed by atoms with Gasteiger partial charge in [-0.2, -0.15) is 0 Å². The Kier molecular flexibility index (Phi) is 12.8. The summed E-state index contributed by atoms with van der Waals surface area (Å²) in [5.41, 5.74) is 19.9. The van der Waals surface area contributed by atoms with E-state index in [1.807, 2.05) is 11.3 Å². The highest BCUT2D eigenvalue weighted by atomic mass is 32.1. The molecule has 0 fully saturated rings. The lowest BCUT2D eigenvalue weighted by atomic mass is 9.61. The molecular formula is C67H83NS. The Labute approximate surface area is 422 Å². The van der Waals surface area contributed by atoms with Crippen molar-refractivity contribution in [2.45, 2.75) is 188 Å². The topological polar surface area (TPSA) is 3.24 Å². The van der Waals surface area contributed by atoms with Gasteiger partial charge in [-0.3, -0.25) is 0 Å². The molecule has 0 bridgehead atoms. The van der Waals surface area contributed by atoms with Crippen LogP contribution in [-0.4, -0.2) is 0 Å². The molecular weight excluding hydrogens is 851 g/mol. The van der Waals surface area contributed by atoms with Crippen LogP contribution in [0.5, 0.6) is 0 Å². The van der Waals surface area contributed by atoms with Gasteiger partial charge in [-0.05, 0) is 171 Å². The lowest BCUT2D eigenvalue weighted by molar-refractivity contribution is 0.333. The molecule has 0 saturated heterocycles. The zero-order valence-electron chi connectivity index (χ0n) is 46.0. The number of thiophene rings is 1. The van der Waals surface area contributed by atoms with Crippen LogP contribution in [0.15, 0.2) is 127 Å².